The molecule has 2 unspecified atom stereocenters. The van der Waals surface area contributed by atoms with Crippen LogP contribution in [0.5, 0.6) is 0 Å². The Bertz CT molecular complexity index is 328. The number of anilines is 1. The number of hydrogen-bond acceptors (Lipinski definition) is 2. The van der Waals surface area contributed by atoms with E-state index in [0.29, 0.717) is 6.10 Å². The second-order valence-corrected chi connectivity index (χ2v) is 5.70. The molecule has 1 saturated carbocycles. The highest BCUT2D eigenvalue weighted by Crippen LogP contribution is 2.30. The van der Waals surface area contributed by atoms with Crippen molar-refractivity contribution in [3.8, 4) is 0 Å². The van der Waals surface area contributed by atoms with Crippen LogP contribution in [0.4, 0.5) is 5.69 Å². The molecule has 0 aliphatic heterocycles. The summed E-state index contributed by atoms with van der Waals surface area (Å²) >= 11 is 0. The molecule has 2 heteroatoms. The van der Waals surface area contributed by atoms with Crippen LogP contribution in [0, 0.1) is 11.8 Å². The molecule has 1 aromatic carbocycles. The Labute approximate surface area is 111 Å². The van der Waals surface area contributed by atoms with Gasteiger partial charge in [-0.2, -0.15) is 0 Å². The summed E-state index contributed by atoms with van der Waals surface area (Å²) in [5.74, 6) is 1.64. The van der Waals surface area contributed by atoms with Crippen molar-refractivity contribution in [3.05, 3.63) is 30.3 Å². The summed E-state index contributed by atoms with van der Waals surface area (Å²) in [6, 6.07) is 10.3. The fraction of sp³-hybridized carbons (Fsp3) is 0.625. The van der Waals surface area contributed by atoms with Gasteiger partial charge in [-0.05, 0) is 43.2 Å². The summed E-state index contributed by atoms with van der Waals surface area (Å²) in [6.07, 6.45) is 4.30. The zero-order valence-electron chi connectivity index (χ0n) is 11.6. The zero-order valence-corrected chi connectivity index (χ0v) is 11.6. The first kappa shape index (κ1) is 13.4. The second-order valence-electron chi connectivity index (χ2n) is 5.70. The van der Waals surface area contributed by atoms with Gasteiger partial charge in [0.25, 0.3) is 0 Å². The highest BCUT2D eigenvalue weighted by atomic mass is 16.5. The highest BCUT2D eigenvalue weighted by molar-refractivity contribution is 5.42. The maximum Gasteiger partial charge on any atom is 0.0642 e. The number of hydrogen-bond donors (Lipinski definition) is 1. The number of benzene rings is 1. The van der Waals surface area contributed by atoms with E-state index in [4.69, 9.17) is 4.74 Å². The van der Waals surface area contributed by atoms with Crippen LogP contribution in [-0.4, -0.2) is 19.3 Å². The van der Waals surface area contributed by atoms with Gasteiger partial charge in [0, 0.05) is 12.2 Å². The topological polar surface area (TPSA) is 21.3 Å². The fourth-order valence-electron chi connectivity index (χ4n) is 2.99. The Morgan fingerprint density at radius 1 is 1.06 bits per heavy atom. The van der Waals surface area contributed by atoms with Crippen LogP contribution in [0.25, 0.3) is 0 Å². The summed E-state index contributed by atoms with van der Waals surface area (Å²) in [4.78, 5) is 0. The largest absolute Gasteiger partial charge is 0.383 e. The molecular formula is C16H25NO. The molecule has 1 aliphatic carbocycles. The number of para-hydroxylation sites is 1. The van der Waals surface area contributed by atoms with E-state index in [1.54, 1.807) is 0 Å². The first-order valence-electron chi connectivity index (χ1n) is 7.14. The lowest BCUT2D eigenvalue weighted by Crippen LogP contribution is -2.27. The lowest BCUT2D eigenvalue weighted by Gasteiger charge is -2.31. The number of ether oxygens (including phenoxy) is 1. The molecule has 0 heterocycles. The fourth-order valence-corrected chi connectivity index (χ4v) is 2.99. The van der Waals surface area contributed by atoms with E-state index in [1.807, 2.05) is 18.2 Å². The van der Waals surface area contributed by atoms with Gasteiger partial charge in [-0.1, -0.05) is 32.0 Å². The van der Waals surface area contributed by atoms with Gasteiger partial charge in [0.2, 0.25) is 0 Å². The van der Waals surface area contributed by atoms with Crippen molar-refractivity contribution in [2.45, 2.75) is 39.2 Å². The Kier molecular flexibility index (Phi) is 5.06. The van der Waals surface area contributed by atoms with E-state index in [2.05, 4.69) is 31.3 Å². The van der Waals surface area contributed by atoms with Gasteiger partial charge in [-0.15, -0.1) is 0 Å². The Hall–Kier alpha value is -1.02. The molecule has 0 spiro atoms. The van der Waals surface area contributed by atoms with E-state index in [-0.39, 0.29) is 0 Å². The quantitative estimate of drug-likeness (QED) is 0.796. The Morgan fingerprint density at radius 3 is 2.39 bits per heavy atom. The molecule has 1 aromatic rings. The molecule has 2 nitrogen and oxygen atoms in total. The number of rotatable bonds is 5. The van der Waals surface area contributed by atoms with Crippen LogP contribution < -0.4 is 5.32 Å². The maximum absolute atomic E-state index is 5.98. The average Bonchev–Trinajstić information content (AvgIpc) is 2.35. The van der Waals surface area contributed by atoms with Crippen molar-refractivity contribution in [1.82, 2.24) is 0 Å². The van der Waals surface area contributed by atoms with Crippen LogP contribution in [0.15, 0.2) is 30.3 Å². The van der Waals surface area contributed by atoms with Gasteiger partial charge < -0.3 is 10.1 Å². The third-order valence-electron chi connectivity index (χ3n) is 3.69. The van der Waals surface area contributed by atoms with Crippen LogP contribution in [-0.2, 0) is 4.74 Å². The Morgan fingerprint density at radius 2 is 1.72 bits per heavy atom. The van der Waals surface area contributed by atoms with Crippen LogP contribution >= 0.6 is 0 Å². The van der Waals surface area contributed by atoms with Crippen LogP contribution in [0.2, 0.25) is 0 Å². The molecule has 1 aliphatic rings. The first-order valence-corrected chi connectivity index (χ1v) is 7.14. The minimum atomic E-state index is 0.473. The molecule has 0 bridgehead atoms. The highest BCUT2D eigenvalue weighted by Gasteiger charge is 2.23. The van der Waals surface area contributed by atoms with E-state index in [1.165, 1.54) is 24.9 Å². The summed E-state index contributed by atoms with van der Waals surface area (Å²) in [5.41, 5.74) is 1.17. The minimum Gasteiger partial charge on any atom is -0.383 e. The van der Waals surface area contributed by atoms with Gasteiger partial charge in [-0.3, -0.25) is 0 Å². The van der Waals surface area contributed by atoms with Gasteiger partial charge in [0.1, 0.15) is 0 Å². The molecule has 1 fully saturated rings. The predicted molar refractivity (Wildman–Crippen MR) is 76.9 cm³/mol. The smallest absolute Gasteiger partial charge is 0.0642 e. The van der Waals surface area contributed by atoms with Gasteiger partial charge in [0.15, 0.2) is 0 Å². The summed E-state index contributed by atoms with van der Waals surface area (Å²) in [6.45, 7) is 6.38. The lowest BCUT2D eigenvalue weighted by molar-refractivity contribution is 0.00618. The van der Waals surface area contributed by atoms with Crippen molar-refractivity contribution < 1.29 is 4.74 Å². The SMILES string of the molecule is CC1CC(C)CC(OCCNc2ccccc2)C1. The van der Waals surface area contributed by atoms with Crippen molar-refractivity contribution in [3.63, 3.8) is 0 Å². The van der Waals surface area contributed by atoms with E-state index < -0.39 is 0 Å². The monoisotopic (exact) mass is 247 g/mol. The van der Waals surface area contributed by atoms with E-state index in [0.717, 1.165) is 25.0 Å². The third-order valence-corrected chi connectivity index (χ3v) is 3.69. The first-order chi connectivity index (χ1) is 8.74. The molecular weight excluding hydrogens is 222 g/mol. The maximum atomic E-state index is 5.98. The number of nitrogens with one attached hydrogen (secondary N) is 1. The van der Waals surface area contributed by atoms with Crippen molar-refractivity contribution in [2.24, 2.45) is 11.8 Å². The molecule has 0 aromatic heterocycles. The van der Waals surface area contributed by atoms with Crippen LogP contribution in [0.3, 0.4) is 0 Å². The standard InChI is InChI=1S/C16H25NO/c1-13-10-14(2)12-16(11-13)18-9-8-17-15-6-4-3-5-7-15/h3-7,13-14,16-17H,8-12H2,1-2H3. The minimum absolute atomic E-state index is 0.473. The molecule has 2 atom stereocenters. The van der Waals surface area contributed by atoms with Gasteiger partial charge in [-0.25, -0.2) is 0 Å². The van der Waals surface area contributed by atoms with Gasteiger partial charge in [0.05, 0.1) is 12.7 Å². The zero-order chi connectivity index (χ0) is 12.8. The molecule has 2 rings (SSSR count). The summed E-state index contributed by atoms with van der Waals surface area (Å²) < 4.78 is 5.98. The van der Waals surface area contributed by atoms with Crippen molar-refractivity contribution in [1.29, 1.82) is 0 Å². The predicted octanol–water partition coefficient (Wildman–Crippen LogP) is 3.94. The second kappa shape index (κ2) is 6.79. The molecule has 1 N–H and O–H groups in total. The molecule has 100 valence electrons. The van der Waals surface area contributed by atoms with E-state index >= 15 is 0 Å². The summed E-state index contributed by atoms with van der Waals surface area (Å²) in [5, 5.41) is 3.38. The Balaban J connectivity index is 1.63. The van der Waals surface area contributed by atoms with Crippen molar-refractivity contribution >= 4 is 5.69 Å². The molecule has 0 saturated heterocycles. The van der Waals surface area contributed by atoms with E-state index in [9.17, 15) is 0 Å². The normalized spacial score (nSPS) is 28.0. The average molecular weight is 247 g/mol. The molecule has 0 radical (unpaired) electrons. The van der Waals surface area contributed by atoms with Crippen molar-refractivity contribution in [2.75, 3.05) is 18.5 Å². The van der Waals surface area contributed by atoms with Gasteiger partial charge >= 0.3 is 0 Å². The lowest BCUT2D eigenvalue weighted by atomic mass is 9.82. The molecule has 0 amide bonds. The molecule has 18 heavy (non-hydrogen) atoms. The summed E-state index contributed by atoms with van der Waals surface area (Å²) in [7, 11) is 0. The van der Waals surface area contributed by atoms with Crippen LogP contribution in [0.1, 0.15) is 33.1 Å². The third kappa shape index (κ3) is 4.34.